The summed E-state index contributed by atoms with van der Waals surface area (Å²) < 4.78 is 2.68. The van der Waals surface area contributed by atoms with Gasteiger partial charge in [0.05, 0.1) is 10.4 Å². The minimum absolute atomic E-state index is 0.685. The molecule has 2 N–H and O–H groups in total. The van der Waals surface area contributed by atoms with Crippen LogP contribution in [0.4, 0.5) is 5.69 Å². The highest BCUT2D eigenvalue weighted by Gasteiger charge is 2.18. The fourth-order valence-electron chi connectivity index (χ4n) is 2.37. The summed E-state index contributed by atoms with van der Waals surface area (Å²) in [6, 6.07) is 2.20. The Morgan fingerprint density at radius 2 is 2.06 bits per heavy atom. The van der Waals surface area contributed by atoms with E-state index in [1.807, 2.05) is 11.3 Å². The third-order valence-corrected chi connectivity index (χ3v) is 5.68. The lowest BCUT2D eigenvalue weighted by atomic mass is 9.95. The molecule has 0 amide bonds. The van der Waals surface area contributed by atoms with Crippen molar-refractivity contribution >= 4 is 37.8 Å². The molecule has 0 spiro atoms. The van der Waals surface area contributed by atoms with Crippen molar-refractivity contribution in [3.63, 3.8) is 0 Å². The molecule has 2 aromatic heterocycles. The summed E-state index contributed by atoms with van der Waals surface area (Å²) in [5.41, 5.74) is 7.37. The summed E-state index contributed by atoms with van der Waals surface area (Å²) in [5, 5.41) is 2.14. The molecule has 0 saturated heterocycles. The summed E-state index contributed by atoms with van der Waals surface area (Å²) in [6.07, 6.45) is 6.41. The Kier molecular flexibility index (Phi) is 4.46. The molecule has 1 unspecified atom stereocenters. The first-order valence-electron chi connectivity index (χ1n) is 6.53. The summed E-state index contributed by atoms with van der Waals surface area (Å²) in [7, 11) is 0. The van der Waals surface area contributed by atoms with Crippen molar-refractivity contribution in [2.75, 3.05) is 5.73 Å². The fraction of sp³-hybridized carbons (Fsp3) is 0.571. The molecule has 3 heteroatoms. The second-order valence-corrected chi connectivity index (χ2v) is 6.62. The van der Waals surface area contributed by atoms with Crippen molar-refractivity contribution in [3.05, 3.63) is 16.3 Å². The molecule has 0 saturated carbocycles. The highest BCUT2D eigenvalue weighted by atomic mass is 32.1. The van der Waals surface area contributed by atoms with Gasteiger partial charge in [0.2, 0.25) is 0 Å². The molecule has 0 aliphatic rings. The van der Waals surface area contributed by atoms with E-state index in [1.165, 1.54) is 46.4 Å². The number of rotatable bonds is 6. The van der Waals surface area contributed by atoms with Crippen LogP contribution in [0, 0.1) is 0 Å². The van der Waals surface area contributed by atoms with Gasteiger partial charge in [0, 0.05) is 9.58 Å². The van der Waals surface area contributed by atoms with Gasteiger partial charge in [-0.05, 0) is 30.2 Å². The van der Waals surface area contributed by atoms with Crippen molar-refractivity contribution in [1.29, 1.82) is 0 Å². The molecular formula is C14H21NS2. The fourth-order valence-corrected chi connectivity index (χ4v) is 4.74. The van der Waals surface area contributed by atoms with Crippen LogP contribution in [0.25, 0.3) is 9.40 Å². The number of hydrogen-bond acceptors (Lipinski definition) is 3. The molecule has 1 atom stereocenters. The Morgan fingerprint density at radius 1 is 1.24 bits per heavy atom. The molecule has 2 heterocycles. The second-order valence-electron chi connectivity index (χ2n) is 4.62. The van der Waals surface area contributed by atoms with E-state index in [2.05, 4.69) is 25.3 Å². The zero-order valence-corrected chi connectivity index (χ0v) is 12.3. The zero-order chi connectivity index (χ0) is 12.3. The van der Waals surface area contributed by atoms with Crippen LogP contribution in [0.2, 0.25) is 0 Å². The number of anilines is 1. The van der Waals surface area contributed by atoms with Gasteiger partial charge < -0.3 is 5.73 Å². The van der Waals surface area contributed by atoms with Crippen molar-refractivity contribution in [2.24, 2.45) is 0 Å². The molecule has 0 aromatic carbocycles. The highest BCUT2D eigenvalue weighted by Crippen LogP contribution is 2.43. The number of nitrogen functional groups attached to an aromatic ring is 1. The third-order valence-electron chi connectivity index (χ3n) is 3.27. The highest BCUT2D eigenvalue weighted by molar-refractivity contribution is 7.28. The molecular weight excluding hydrogens is 246 g/mol. The van der Waals surface area contributed by atoms with Crippen LogP contribution in [0.5, 0.6) is 0 Å². The van der Waals surface area contributed by atoms with Crippen LogP contribution in [0.15, 0.2) is 11.4 Å². The Balaban J connectivity index is 2.27. The standard InChI is InChI=1S/C14H21NS2/c1-3-5-7-10(6-4-2)13-12(15)14-11(17-13)8-9-16-14/h8-10H,3-7,15H2,1-2H3. The predicted octanol–water partition coefficient (Wildman–Crippen LogP) is 5.62. The molecule has 94 valence electrons. The molecule has 2 aromatic rings. The topological polar surface area (TPSA) is 26.0 Å². The minimum Gasteiger partial charge on any atom is -0.397 e. The third kappa shape index (κ3) is 2.66. The molecule has 17 heavy (non-hydrogen) atoms. The quantitative estimate of drug-likeness (QED) is 0.722. The van der Waals surface area contributed by atoms with E-state index in [0.29, 0.717) is 5.92 Å². The zero-order valence-electron chi connectivity index (χ0n) is 10.7. The van der Waals surface area contributed by atoms with Gasteiger partial charge in [0.1, 0.15) is 0 Å². The summed E-state index contributed by atoms with van der Waals surface area (Å²) in [6.45, 7) is 4.53. The monoisotopic (exact) mass is 267 g/mol. The van der Waals surface area contributed by atoms with Gasteiger partial charge in [0.15, 0.2) is 0 Å². The van der Waals surface area contributed by atoms with Crippen LogP contribution in [0.3, 0.4) is 0 Å². The van der Waals surface area contributed by atoms with Crippen molar-refractivity contribution < 1.29 is 0 Å². The maximum absolute atomic E-state index is 6.31. The smallest absolute Gasteiger partial charge is 0.0683 e. The van der Waals surface area contributed by atoms with Gasteiger partial charge in [-0.3, -0.25) is 0 Å². The van der Waals surface area contributed by atoms with Gasteiger partial charge in [-0.25, -0.2) is 0 Å². The van der Waals surface area contributed by atoms with Crippen molar-refractivity contribution in [2.45, 2.75) is 51.9 Å². The molecule has 1 nitrogen and oxygen atoms in total. The first-order chi connectivity index (χ1) is 8.27. The summed E-state index contributed by atoms with van der Waals surface area (Å²) in [5.74, 6) is 0.685. The summed E-state index contributed by atoms with van der Waals surface area (Å²) >= 11 is 3.69. The number of hydrogen-bond donors (Lipinski definition) is 1. The predicted molar refractivity (Wildman–Crippen MR) is 81.3 cm³/mol. The van der Waals surface area contributed by atoms with E-state index in [9.17, 15) is 0 Å². The number of nitrogens with two attached hydrogens (primary N) is 1. The maximum atomic E-state index is 6.31. The van der Waals surface area contributed by atoms with Crippen molar-refractivity contribution in [3.8, 4) is 0 Å². The molecule has 0 aliphatic carbocycles. The average molecular weight is 267 g/mol. The van der Waals surface area contributed by atoms with E-state index >= 15 is 0 Å². The van der Waals surface area contributed by atoms with Gasteiger partial charge >= 0.3 is 0 Å². The van der Waals surface area contributed by atoms with Crippen molar-refractivity contribution in [1.82, 2.24) is 0 Å². The Hall–Kier alpha value is -0.540. The maximum Gasteiger partial charge on any atom is 0.0683 e. The molecule has 0 aliphatic heterocycles. The van der Waals surface area contributed by atoms with E-state index in [1.54, 1.807) is 11.3 Å². The molecule has 0 bridgehead atoms. The Labute approximate surface area is 112 Å². The van der Waals surface area contributed by atoms with Gasteiger partial charge in [0.25, 0.3) is 0 Å². The SMILES string of the molecule is CCCCC(CCC)c1sc2ccsc2c1N. The average Bonchev–Trinajstić information content (AvgIpc) is 2.88. The van der Waals surface area contributed by atoms with E-state index in [4.69, 9.17) is 5.73 Å². The van der Waals surface area contributed by atoms with Gasteiger partial charge in [-0.1, -0.05) is 33.1 Å². The van der Waals surface area contributed by atoms with Gasteiger partial charge in [-0.15, -0.1) is 22.7 Å². The van der Waals surface area contributed by atoms with Crippen LogP contribution in [-0.2, 0) is 0 Å². The lowest BCUT2D eigenvalue weighted by Crippen LogP contribution is -1.99. The van der Waals surface area contributed by atoms with Crippen LogP contribution in [0.1, 0.15) is 56.7 Å². The van der Waals surface area contributed by atoms with E-state index in [0.717, 1.165) is 5.69 Å². The van der Waals surface area contributed by atoms with Gasteiger partial charge in [-0.2, -0.15) is 0 Å². The molecule has 0 radical (unpaired) electrons. The molecule has 2 rings (SSSR count). The minimum atomic E-state index is 0.685. The lowest BCUT2D eigenvalue weighted by Gasteiger charge is -2.15. The Bertz CT molecular complexity index is 469. The van der Waals surface area contributed by atoms with E-state index < -0.39 is 0 Å². The second kappa shape index (κ2) is 5.87. The molecule has 0 fully saturated rings. The Morgan fingerprint density at radius 3 is 2.71 bits per heavy atom. The lowest BCUT2D eigenvalue weighted by molar-refractivity contribution is 0.549. The number of unbranched alkanes of at least 4 members (excludes halogenated alkanes) is 1. The largest absolute Gasteiger partial charge is 0.397 e. The summed E-state index contributed by atoms with van der Waals surface area (Å²) in [4.78, 5) is 1.45. The first-order valence-corrected chi connectivity index (χ1v) is 8.22. The number of fused-ring (bicyclic) bond motifs is 1. The number of thiophene rings is 2. The van der Waals surface area contributed by atoms with Crippen LogP contribution >= 0.6 is 22.7 Å². The first kappa shape index (κ1) is 12.9. The van der Waals surface area contributed by atoms with Crippen LogP contribution < -0.4 is 5.73 Å². The normalized spacial score (nSPS) is 13.3. The van der Waals surface area contributed by atoms with Crippen LogP contribution in [-0.4, -0.2) is 0 Å². The van der Waals surface area contributed by atoms with E-state index in [-0.39, 0.29) is 0 Å².